The van der Waals surface area contributed by atoms with Gasteiger partial charge in [-0.25, -0.2) is 0 Å². The molecule has 0 amide bonds. The lowest BCUT2D eigenvalue weighted by Crippen LogP contribution is -2.30. The van der Waals surface area contributed by atoms with Crippen LogP contribution >= 0.6 is 0 Å². The summed E-state index contributed by atoms with van der Waals surface area (Å²) < 4.78 is 5.45. The zero-order chi connectivity index (χ0) is 22.3. The van der Waals surface area contributed by atoms with E-state index in [0.29, 0.717) is 0 Å². The van der Waals surface area contributed by atoms with E-state index >= 15 is 0 Å². The third-order valence-corrected chi connectivity index (χ3v) is 5.18. The molecule has 4 heteroatoms. The maximum Gasteiger partial charge on any atom is 0.106 e. The first kappa shape index (κ1) is 24.4. The van der Waals surface area contributed by atoms with Gasteiger partial charge < -0.3 is 9.64 Å². The maximum atomic E-state index is 5.45. The molecule has 1 aromatic rings. The minimum absolute atomic E-state index is 0.941. The van der Waals surface area contributed by atoms with Gasteiger partial charge in [0, 0.05) is 43.3 Å². The molecule has 0 spiro atoms. The zero-order valence-corrected chi connectivity index (χ0v) is 19.3. The van der Waals surface area contributed by atoms with Crippen LogP contribution in [0.1, 0.15) is 45.7 Å². The number of hydrogen-bond acceptors (Lipinski definition) is 4. The number of unbranched alkanes of at least 4 members (excludes halogenated alkanes) is 1. The molecule has 3 heterocycles. The van der Waals surface area contributed by atoms with Crippen LogP contribution in [0.3, 0.4) is 0 Å². The first-order valence-corrected chi connectivity index (χ1v) is 11.4. The smallest absolute Gasteiger partial charge is 0.106 e. The molecular weight excluding hydrogens is 382 g/mol. The Morgan fingerprint density at radius 1 is 1.16 bits per heavy atom. The Morgan fingerprint density at radius 2 is 2.00 bits per heavy atom. The summed E-state index contributed by atoms with van der Waals surface area (Å²) in [5.74, 6) is 0. The van der Waals surface area contributed by atoms with Crippen LogP contribution in [-0.2, 0) is 4.74 Å². The van der Waals surface area contributed by atoms with Crippen LogP contribution in [0, 0.1) is 0 Å². The van der Waals surface area contributed by atoms with Crippen molar-refractivity contribution in [3.05, 3.63) is 97.0 Å². The summed E-state index contributed by atoms with van der Waals surface area (Å²) in [5.41, 5.74) is 4.46. The van der Waals surface area contributed by atoms with E-state index < -0.39 is 0 Å². The van der Waals surface area contributed by atoms with Crippen molar-refractivity contribution in [2.75, 3.05) is 26.2 Å². The lowest BCUT2D eigenvalue weighted by atomic mass is 10.0. The van der Waals surface area contributed by atoms with Gasteiger partial charge in [0.15, 0.2) is 0 Å². The van der Waals surface area contributed by atoms with Crippen LogP contribution in [0.25, 0.3) is 5.57 Å². The molecular formula is C27H37N3O. The second-order valence-electron chi connectivity index (χ2n) is 7.22. The average molecular weight is 420 g/mol. The molecule has 0 N–H and O–H groups in total. The molecule has 2 aliphatic rings. The molecule has 0 aromatic carbocycles. The van der Waals surface area contributed by atoms with Crippen molar-refractivity contribution in [3.8, 4) is 0 Å². The molecule has 0 saturated carbocycles. The highest BCUT2D eigenvalue weighted by Gasteiger charge is 2.14. The minimum atomic E-state index is 0.941. The lowest BCUT2D eigenvalue weighted by Gasteiger charge is -2.27. The molecule has 0 fully saturated rings. The maximum absolute atomic E-state index is 5.45. The highest BCUT2D eigenvalue weighted by Crippen LogP contribution is 2.21. The molecule has 1 aromatic heterocycles. The van der Waals surface area contributed by atoms with Crippen molar-refractivity contribution >= 4 is 5.57 Å². The van der Waals surface area contributed by atoms with Gasteiger partial charge >= 0.3 is 0 Å². The van der Waals surface area contributed by atoms with E-state index in [1.165, 1.54) is 12.0 Å². The first-order chi connectivity index (χ1) is 15.3. The standard InChI is InChI=1S/C25H31N3O.C2H6/c1-3-4-5-10-24-21-29-20-19-28(22(24)2)16-9-8-15-27-17-12-23(13-18-27)25-11-6-7-14-26-25;1-2/h3-7,10-12,14,19-21H,2,8-9,13,15-18H2,1H3;1-2H3/b4-3-,10-5-;. The summed E-state index contributed by atoms with van der Waals surface area (Å²) >= 11 is 0. The fraction of sp³-hybridized carbons (Fsp3) is 0.370. The highest BCUT2D eigenvalue weighted by molar-refractivity contribution is 5.63. The van der Waals surface area contributed by atoms with Gasteiger partial charge in [0.05, 0.1) is 12.0 Å². The third-order valence-electron chi connectivity index (χ3n) is 5.18. The Bertz CT molecular complexity index is 818. The van der Waals surface area contributed by atoms with Gasteiger partial charge in [-0.3, -0.25) is 9.88 Å². The number of rotatable bonds is 8. The summed E-state index contributed by atoms with van der Waals surface area (Å²) in [5, 5.41) is 0. The molecule has 0 bridgehead atoms. The van der Waals surface area contributed by atoms with E-state index in [1.807, 2.05) is 63.5 Å². The van der Waals surface area contributed by atoms with Crippen LogP contribution in [0.15, 0.2) is 91.3 Å². The third kappa shape index (κ3) is 8.06. The van der Waals surface area contributed by atoms with Gasteiger partial charge in [0.1, 0.15) is 6.26 Å². The fourth-order valence-electron chi connectivity index (χ4n) is 3.48. The molecule has 0 aliphatic carbocycles. The normalized spacial score (nSPS) is 17.1. The van der Waals surface area contributed by atoms with Gasteiger partial charge in [0.25, 0.3) is 0 Å². The van der Waals surface area contributed by atoms with Crippen molar-refractivity contribution in [2.45, 2.75) is 40.0 Å². The summed E-state index contributed by atoms with van der Waals surface area (Å²) in [6, 6.07) is 6.13. The average Bonchev–Trinajstić information content (AvgIpc) is 3.00. The van der Waals surface area contributed by atoms with Crippen LogP contribution in [0.2, 0.25) is 0 Å². The molecule has 3 rings (SSSR count). The zero-order valence-electron chi connectivity index (χ0n) is 19.3. The van der Waals surface area contributed by atoms with E-state index in [-0.39, 0.29) is 0 Å². The summed E-state index contributed by atoms with van der Waals surface area (Å²) in [6.07, 6.45) is 21.0. The Hall–Kier alpha value is -2.85. The molecule has 166 valence electrons. The van der Waals surface area contributed by atoms with Gasteiger partial charge in [0.2, 0.25) is 0 Å². The van der Waals surface area contributed by atoms with Crippen molar-refractivity contribution < 1.29 is 4.74 Å². The van der Waals surface area contributed by atoms with E-state index in [0.717, 1.165) is 56.0 Å². The Balaban J connectivity index is 0.00000166. The van der Waals surface area contributed by atoms with Crippen molar-refractivity contribution in [1.29, 1.82) is 0 Å². The number of aromatic nitrogens is 1. The van der Waals surface area contributed by atoms with Crippen molar-refractivity contribution in [3.63, 3.8) is 0 Å². The van der Waals surface area contributed by atoms with Crippen molar-refractivity contribution in [1.82, 2.24) is 14.8 Å². The SMILES string of the molecule is C=C1C(/C=C\C=C/C)=COC=CN1CCCCN1CC=C(c2ccccn2)CC1.CC. The predicted octanol–water partition coefficient (Wildman–Crippen LogP) is 6.31. The summed E-state index contributed by atoms with van der Waals surface area (Å²) in [6.45, 7) is 14.4. The van der Waals surface area contributed by atoms with Crippen LogP contribution in [0.4, 0.5) is 0 Å². The molecule has 0 atom stereocenters. The monoisotopic (exact) mass is 419 g/mol. The number of hydrogen-bond donors (Lipinski definition) is 0. The highest BCUT2D eigenvalue weighted by atomic mass is 16.5. The summed E-state index contributed by atoms with van der Waals surface area (Å²) in [4.78, 5) is 9.16. The van der Waals surface area contributed by atoms with Crippen LogP contribution in [0.5, 0.6) is 0 Å². The van der Waals surface area contributed by atoms with Crippen LogP contribution in [-0.4, -0.2) is 41.0 Å². The number of nitrogens with zero attached hydrogens (tertiary/aromatic N) is 3. The van der Waals surface area contributed by atoms with Crippen molar-refractivity contribution in [2.24, 2.45) is 0 Å². The minimum Gasteiger partial charge on any atom is -0.470 e. The van der Waals surface area contributed by atoms with Crippen LogP contribution < -0.4 is 0 Å². The quantitative estimate of drug-likeness (QED) is 0.365. The van der Waals surface area contributed by atoms with Gasteiger partial charge in [-0.05, 0) is 56.5 Å². The largest absolute Gasteiger partial charge is 0.470 e. The Kier molecular flexibility index (Phi) is 11.2. The molecule has 4 nitrogen and oxygen atoms in total. The molecule has 2 aliphatic heterocycles. The second kappa shape index (κ2) is 14.2. The van der Waals surface area contributed by atoms with Gasteiger partial charge in [-0.1, -0.05) is 50.8 Å². The Labute approximate surface area is 188 Å². The number of ether oxygens (including phenoxy) is 1. The number of allylic oxidation sites excluding steroid dienone is 4. The second-order valence-corrected chi connectivity index (χ2v) is 7.22. The number of pyridine rings is 1. The van der Waals surface area contributed by atoms with E-state index in [4.69, 9.17) is 4.74 Å². The fourth-order valence-corrected chi connectivity index (χ4v) is 3.48. The molecule has 31 heavy (non-hydrogen) atoms. The first-order valence-electron chi connectivity index (χ1n) is 11.4. The molecule has 0 unspecified atom stereocenters. The molecule has 0 radical (unpaired) electrons. The topological polar surface area (TPSA) is 28.6 Å². The molecule has 0 saturated heterocycles. The Morgan fingerprint density at radius 3 is 2.71 bits per heavy atom. The van der Waals surface area contributed by atoms with E-state index in [1.54, 1.807) is 12.5 Å². The van der Waals surface area contributed by atoms with E-state index in [9.17, 15) is 0 Å². The van der Waals surface area contributed by atoms with E-state index in [2.05, 4.69) is 39.6 Å². The predicted molar refractivity (Wildman–Crippen MR) is 132 cm³/mol. The lowest BCUT2D eigenvalue weighted by molar-refractivity contribution is 0.289. The summed E-state index contributed by atoms with van der Waals surface area (Å²) in [7, 11) is 0. The van der Waals surface area contributed by atoms with Gasteiger partial charge in [-0.2, -0.15) is 0 Å². The van der Waals surface area contributed by atoms with Gasteiger partial charge in [-0.15, -0.1) is 0 Å².